The van der Waals surface area contributed by atoms with Crippen molar-refractivity contribution in [2.75, 3.05) is 4.90 Å². The molecule has 2 rings (SSSR count). The van der Waals surface area contributed by atoms with Crippen molar-refractivity contribution >= 4 is 23.6 Å². The Labute approximate surface area is 103 Å². The molecule has 1 aromatic heterocycles. The fourth-order valence-electron chi connectivity index (χ4n) is 1.81. The van der Waals surface area contributed by atoms with Crippen LogP contribution in [0.25, 0.3) is 0 Å². The van der Waals surface area contributed by atoms with E-state index in [9.17, 15) is 14.4 Å². The summed E-state index contributed by atoms with van der Waals surface area (Å²) in [5, 5.41) is 8.74. The van der Waals surface area contributed by atoms with Crippen molar-refractivity contribution in [2.24, 2.45) is 11.8 Å². The van der Waals surface area contributed by atoms with Crippen LogP contribution in [0.3, 0.4) is 0 Å². The van der Waals surface area contributed by atoms with Crippen LogP contribution in [0.15, 0.2) is 18.3 Å². The lowest BCUT2D eigenvalue weighted by Gasteiger charge is -2.13. The van der Waals surface area contributed by atoms with Crippen LogP contribution in [0.5, 0.6) is 0 Å². The minimum absolute atomic E-state index is 0.0129. The number of aromatic carboxylic acids is 1. The van der Waals surface area contributed by atoms with Crippen molar-refractivity contribution in [1.29, 1.82) is 0 Å². The van der Waals surface area contributed by atoms with Crippen molar-refractivity contribution in [3.63, 3.8) is 0 Å². The van der Waals surface area contributed by atoms with E-state index in [-0.39, 0.29) is 35.0 Å². The molecule has 6 heteroatoms. The van der Waals surface area contributed by atoms with Gasteiger partial charge in [-0.1, -0.05) is 13.8 Å². The largest absolute Gasteiger partial charge is 0.478 e. The minimum atomic E-state index is -1.10. The molecule has 1 N–H and O–H groups in total. The maximum atomic E-state index is 11.9. The number of carbonyl (C=O) groups excluding carboxylic acids is 2. The Morgan fingerprint density at radius 1 is 1.22 bits per heavy atom. The van der Waals surface area contributed by atoms with E-state index in [0.717, 1.165) is 11.1 Å². The summed E-state index contributed by atoms with van der Waals surface area (Å²) in [4.78, 5) is 39.3. The van der Waals surface area contributed by atoms with Crippen molar-refractivity contribution in [1.82, 2.24) is 4.98 Å². The predicted molar refractivity (Wildman–Crippen MR) is 62.0 cm³/mol. The van der Waals surface area contributed by atoms with E-state index in [1.165, 1.54) is 12.1 Å². The first-order chi connectivity index (χ1) is 8.43. The van der Waals surface area contributed by atoms with E-state index < -0.39 is 5.97 Å². The van der Waals surface area contributed by atoms with E-state index in [0.29, 0.717) is 0 Å². The lowest BCUT2D eigenvalue weighted by atomic mass is 10.00. The number of pyridine rings is 1. The molecule has 0 saturated carbocycles. The third kappa shape index (κ3) is 1.75. The number of aromatic nitrogens is 1. The van der Waals surface area contributed by atoms with Gasteiger partial charge in [-0.2, -0.15) is 0 Å². The standard InChI is InChI=1S/C12H12N2O4/c1-6-7(2)11(16)14(10(6)15)9-4-3-8(5-13-9)12(17)18/h3-7H,1-2H3,(H,17,18). The number of nitrogens with zero attached hydrogens (tertiary/aromatic N) is 2. The maximum absolute atomic E-state index is 11.9. The first kappa shape index (κ1) is 12.2. The monoisotopic (exact) mass is 248 g/mol. The van der Waals surface area contributed by atoms with Gasteiger partial charge in [0.05, 0.1) is 5.56 Å². The first-order valence-corrected chi connectivity index (χ1v) is 5.50. The van der Waals surface area contributed by atoms with Gasteiger partial charge in [-0.15, -0.1) is 0 Å². The molecule has 0 spiro atoms. The second-order valence-corrected chi connectivity index (χ2v) is 4.30. The van der Waals surface area contributed by atoms with Gasteiger partial charge in [-0.25, -0.2) is 14.7 Å². The highest BCUT2D eigenvalue weighted by atomic mass is 16.4. The average molecular weight is 248 g/mol. The summed E-state index contributed by atoms with van der Waals surface area (Å²) in [6.45, 7) is 3.38. The van der Waals surface area contributed by atoms with E-state index in [2.05, 4.69) is 4.98 Å². The van der Waals surface area contributed by atoms with Gasteiger partial charge in [0, 0.05) is 18.0 Å². The van der Waals surface area contributed by atoms with E-state index in [4.69, 9.17) is 5.11 Å². The summed E-state index contributed by atoms with van der Waals surface area (Å²) in [5.41, 5.74) is 0.0129. The number of hydrogen-bond acceptors (Lipinski definition) is 4. The summed E-state index contributed by atoms with van der Waals surface area (Å²) >= 11 is 0. The molecular formula is C12H12N2O4. The smallest absolute Gasteiger partial charge is 0.337 e. The third-order valence-corrected chi connectivity index (χ3v) is 3.19. The third-order valence-electron chi connectivity index (χ3n) is 3.19. The van der Waals surface area contributed by atoms with Gasteiger partial charge in [0.15, 0.2) is 0 Å². The number of amides is 2. The molecule has 0 aliphatic carbocycles. The van der Waals surface area contributed by atoms with Gasteiger partial charge in [0.25, 0.3) is 0 Å². The maximum Gasteiger partial charge on any atom is 0.337 e. The normalized spacial score (nSPS) is 23.6. The highest BCUT2D eigenvalue weighted by molar-refractivity contribution is 6.21. The molecule has 1 aliphatic heterocycles. The Balaban J connectivity index is 2.35. The zero-order valence-corrected chi connectivity index (χ0v) is 9.95. The highest BCUT2D eigenvalue weighted by Gasteiger charge is 2.43. The minimum Gasteiger partial charge on any atom is -0.478 e. The average Bonchev–Trinajstić information content (AvgIpc) is 2.54. The SMILES string of the molecule is CC1C(=O)N(c2ccc(C(=O)O)cn2)C(=O)C1C. The van der Waals surface area contributed by atoms with Gasteiger partial charge >= 0.3 is 5.97 Å². The van der Waals surface area contributed by atoms with Crippen LogP contribution in [-0.2, 0) is 9.59 Å². The molecule has 1 saturated heterocycles. The second kappa shape index (κ2) is 4.21. The molecule has 94 valence electrons. The van der Waals surface area contributed by atoms with E-state index in [1.54, 1.807) is 13.8 Å². The number of hydrogen-bond donors (Lipinski definition) is 1. The van der Waals surface area contributed by atoms with Crippen LogP contribution < -0.4 is 4.90 Å². The van der Waals surface area contributed by atoms with Gasteiger partial charge in [0.1, 0.15) is 5.82 Å². The number of anilines is 1. The number of carboxylic acids is 1. The fraction of sp³-hybridized carbons (Fsp3) is 0.333. The Morgan fingerprint density at radius 2 is 1.78 bits per heavy atom. The molecule has 18 heavy (non-hydrogen) atoms. The number of rotatable bonds is 2. The van der Waals surface area contributed by atoms with Gasteiger partial charge in [-0.05, 0) is 12.1 Å². The Bertz CT molecular complexity index is 503. The van der Waals surface area contributed by atoms with Crippen LogP contribution in [0.1, 0.15) is 24.2 Å². The van der Waals surface area contributed by atoms with E-state index in [1.807, 2.05) is 0 Å². The van der Waals surface area contributed by atoms with E-state index >= 15 is 0 Å². The second-order valence-electron chi connectivity index (χ2n) is 4.30. The zero-order chi connectivity index (χ0) is 13.4. The molecule has 6 nitrogen and oxygen atoms in total. The number of carboxylic acid groups (broad SMARTS) is 1. The summed E-state index contributed by atoms with van der Waals surface area (Å²) in [6.07, 6.45) is 1.13. The van der Waals surface area contributed by atoms with Crippen LogP contribution in [0, 0.1) is 11.8 Å². The molecular weight excluding hydrogens is 236 g/mol. The van der Waals surface area contributed by atoms with Crippen LogP contribution in [0.2, 0.25) is 0 Å². The molecule has 0 radical (unpaired) electrons. The summed E-state index contributed by atoms with van der Waals surface area (Å²) in [6, 6.07) is 2.68. The number of carbonyl (C=O) groups is 3. The zero-order valence-electron chi connectivity index (χ0n) is 9.95. The topological polar surface area (TPSA) is 87.6 Å². The van der Waals surface area contributed by atoms with Gasteiger partial charge < -0.3 is 5.11 Å². The molecule has 0 bridgehead atoms. The highest BCUT2D eigenvalue weighted by Crippen LogP contribution is 2.29. The molecule has 1 fully saturated rings. The molecule has 0 aromatic carbocycles. The predicted octanol–water partition coefficient (Wildman–Crippen LogP) is 0.925. The fourth-order valence-corrected chi connectivity index (χ4v) is 1.81. The Hall–Kier alpha value is -2.24. The van der Waals surface area contributed by atoms with Gasteiger partial charge in [-0.3, -0.25) is 9.59 Å². The Kier molecular flexibility index (Phi) is 2.86. The summed E-state index contributed by atoms with van der Waals surface area (Å²) in [7, 11) is 0. The molecule has 1 aliphatic rings. The van der Waals surface area contributed by atoms with Crippen LogP contribution in [-0.4, -0.2) is 27.9 Å². The van der Waals surface area contributed by atoms with Gasteiger partial charge in [0.2, 0.25) is 11.8 Å². The summed E-state index contributed by atoms with van der Waals surface area (Å²) < 4.78 is 0. The molecule has 2 unspecified atom stereocenters. The molecule has 2 amide bonds. The lowest BCUT2D eigenvalue weighted by molar-refractivity contribution is -0.122. The van der Waals surface area contributed by atoms with Crippen LogP contribution >= 0.6 is 0 Å². The van der Waals surface area contributed by atoms with Crippen molar-refractivity contribution in [2.45, 2.75) is 13.8 Å². The lowest BCUT2D eigenvalue weighted by Crippen LogP contribution is -2.31. The molecule has 2 atom stereocenters. The first-order valence-electron chi connectivity index (χ1n) is 5.50. The summed E-state index contributed by atoms with van der Waals surface area (Å²) in [5.74, 6) is -2.29. The van der Waals surface area contributed by atoms with Crippen molar-refractivity contribution < 1.29 is 19.5 Å². The molecule has 1 aromatic rings. The quantitative estimate of drug-likeness (QED) is 0.786. The number of imide groups is 1. The van der Waals surface area contributed by atoms with Crippen molar-refractivity contribution in [3.8, 4) is 0 Å². The van der Waals surface area contributed by atoms with Crippen LogP contribution in [0.4, 0.5) is 5.82 Å². The molecule has 2 heterocycles. The van der Waals surface area contributed by atoms with Crippen molar-refractivity contribution in [3.05, 3.63) is 23.9 Å². The Morgan fingerprint density at radius 3 is 2.17 bits per heavy atom.